The van der Waals surface area contributed by atoms with Gasteiger partial charge in [-0.1, -0.05) is 89.1 Å². The van der Waals surface area contributed by atoms with Crippen LogP contribution in [0.3, 0.4) is 0 Å². The zero-order valence-electron chi connectivity index (χ0n) is 24.2. The first-order chi connectivity index (χ1) is 18.2. The van der Waals surface area contributed by atoms with Gasteiger partial charge in [0.1, 0.15) is 0 Å². The van der Waals surface area contributed by atoms with Crippen LogP contribution in [0.25, 0.3) is 0 Å². The Kier molecular flexibility index (Phi) is 8.34. The molecular weight excluding hydrogens is 519 g/mol. The van der Waals surface area contributed by atoms with E-state index in [4.69, 9.17) is 0 Å². The normalized spacial score (nSPS) is 13.6. The van der Waals surface area contributed by atoms with Crippen LogP contribution in [-0.4, -0.2) is 8.42 Å². The molecule has 0 aliphatic rings. The van der Waals surface area contributed by atoms with Gasteiger partial charge < -0.3 is 5.32 Å². The minimum atomic E-state index is -1.40. The Bertz CT molecular complexity index is 1410. The molecule has 0 aliphatic heterocycles. The van der Waals surface area contributed by atoms with Gasteiger partial charge in [0, 0.05) is 9.79 Å². The van der Waals surface area contributed by atoms with Gasteiger partial charge in [-0.25, -0.2) is 8.42 Å². The van der Waals surface area contributed by atoms with Crippen LogP contribution in [0.15, 0.2) is 105 Å². The van der Waals surface area contributed by atoms with E-state index in [1.165, 1.54) is 0 Å². The average molecular weight is 558 g/mol. The van der Waals surface area contributed by atoms with E-state index < -0.39 is 21.6 Å². The van der Waals surface area contributed by atoms with Crippen LogP contribution in [0.4, 0.5) is 11.4 Å². The van der Waals surface area contributed by atoms with Gasteiger partial charge in [-0.15, -0.1) is 0 Å². The number of benzene rings is 4. The van der Waals surface area contributed by atoms with Crippen LogP contribution >= 0.6 is 0 Å². The van der Waals surface area contributed by atoms with Crippen LogP contribution in [-0.2, 0) is 32.4 Å². The fraction of sp³-hybridized carbons (Fsp3) is 0.294. The highest BCUT2D eigenvalue weighted by Gasteiger charge is 2.23. The molecule has 0 spiro atoms. The zero-order chi connectivity index (χ0) is 28.5. The molecule has 0 aliphatic carbocycles. The van der Waals surface area contributed by atoms with Crippen molar-refractivity contribution in [2.45, 2.75) is 85.8 Å². The summed E-state index contributed by atoms with van der Waals surface area (Å²) in [5.41, 5.74) is 5.75. The van der Waals surface area contributed by atoms with E-state index in [1.807, 2.05) is 86.6 Å². The Labute approximate surface area is 239 Å². The predicted molar refractivity (Wildman–Crippen MR) is 165 cm³/mol. The van der Waals surface area contributed by atoms with E-state index in [-0.39, 0.29) is 10.8 Å². The quantitative estimate of drug-likeness (QED) is 0.257. The van der Waals surface area contributed by atoms with Gasteiger partial charge in [-0.3, -0.25) is 0 Å². The molecule has 0 radical (unpaired) electrons. The van der Waals surface area contributed by atoms with E-state index in [1.54, 1.807) is 0 Å². The molecule has 5 heteroatoms. The average Bonchev–Trinajstić information content (AvgIpc) is 2.88. The summed E-state index contributed by atoms with van der Waals surface area (Å²) in [6, 6.07) is 27.9. The van der Waals surface area contributed by atoms with Gasteiger partial charge in [0.25, 0.3) is 0 Å². The molecule has 0 fully saturated rings. The zero-order valence-corrected chi connectivity index (χ0v) is 25.8. The standard InChI is InChI=1S/C34H39NO2S2/c1-23-9-15-27(16-10-23)38(36)31-21-25(33(3,4)5)13-19-29(31)35-30-20-14-26(34(6,7)8)22-32(30)39(37)28-17-11-24(2)12-18-28/h9-22,35H,1-8H3. The summed E-state index contributed by atoms with van der Waals surface area (Å²) in [7, 11) is -2.80. The molecule has 0 amide bonds. The van der Waals surface area contributed by atoms with Crippen molar-refractivity contribution in [3.8, 4) is 0 Å². The number of hydrogen-bond acceptors (Lipinski definition) is 3. The minimum absolute atomic E-state index is 0.1000. The summed E-state index contributed by atoms with van der Waals surface area (Å²) in [5.74, 6) is 0. The number of anilines is 2. The van der Waals surface area contributed by atoms with Crippen molar-refractivity contribution in [2.24, 2.45) is 0 Å². The minimum Gasteiger partial charge on any atom is -0.354 e. The largest absolute Gasteiger partial charge is 0.354 e. The van der Waals surface area contributed by atoms with Crippen LogP contribution in [0, 0.1) is 13.8 Å². The Balaban J connectivity index is 1.85. The monoisotopic (exact) mass is 557 g/mol. The summed E-state index contributed by atoms with van der Waals surface area (Å²) in [5, 5.41) is 3.54. The maximum Gasteiger partial charge on any atom is 0.0870 e. The predicted octanol–water partition coefficient (Wildman–Crippen LogP) is 8.98. The van der Waals surface area contributed by atoms with Crippen molar-refractivity contribution in [3.63, 3.8) is 0 Å². The van der Waals surface area contributed by atoms with E-state index in [0.717, 1.165) is 43.4 Å². The molecular formula is C34H39NO2S2. The molecule has 0 bridgehead atoms. The highest BCUT2D eigenvalue weighted by molar-refractivity contribution is 7.85. The fourth-order valence-corrected chi connectivity index (χ4v) is 6.59. The first-order valence-corrected chi connectivity index (χ1v) is 15.6. The van der Waals surface area contributed by atoms with Gasteiger partial charge in [0.2, 0.25) is 0 Å². The van der Waals surface area contributed by atoms with E-state index >= 15 is 0 Å². The summed E-state index contributed by atoms with van der Waals surface area (Å²) in [4.78, 5) is 2.92. The molecule has 1 N–H and O–H groups in total. The van der Waals surface area contributed by atoms with Crippen molar-refractivity contribution in [1.29, 1.82) is 0 Å². The van der Waals surface area contributed by atoms with Crippen molar-refractivity contribution in [3.05, 3.63) is 107 Å². The lowest BCUT2D eigenvalue weighted by Crippen LogP contribution is -2.13. The van der Waals surface area contributed by atoms with Crippen molar-refractivity contribution < 1.29 is 8.42 Å². The number of aryl methyl sites for hydroxylation is 2. The molecule has 2 atom stereocenters. The van der Waals surface area contributed by atoms with Crippen LogP contribution < -0.4 is 5.32 Å². The third-order valence-corrected chi connectivity index (χ3v) is 9.71. The second kappa shape index (κ2) is 11.2. The lowest BCUT2D eigenvalue weighted by Gasteiger charge is -2.24. The Morgan fingerprint density at radius 2 is 0.846 bits per heavy atom. The lowest BCUT2D eigenvalue weighted by atomic mass is 9.87. The SMILES string of the molecule is Cc1ccc(S(=O)c2cc(C(C)(C)C)ccc2Nc2ccc(C(C)(C)C)cc2S(=O)c2ccc(C)cc2)cc1. The molecule has 0 aromatic heterocycles. The van der Waals surface area contributed by atoms with E-state index in [9.17, 15) is 8.42 Å². The summed E-state index contributed by atoms with van der Waals surface area (Å²) in [6.07, 6.45) is 0. The van der Waals surface area contributed by atoms with Gasteiger partial charge >= 0.3 is 0 Å². The van der Waals surface area contributed by atoms with Crippen molar-refractivity contribution in [2.75, 3.05) is 5.32 Å². The van der Waals surface area contributed by atoms with Crippen LogP contribution in [0.5, 0.6) is 0 Å². The third-order valence-electron chi connectivity index (χ3n) is 6.83. The van der Waals surface area contributed by atoms with Crippen LogP contribution in [0.1, 0.15) is 63.8 Å². The summed E-state index contributed by atoms with van der Waals surface area (Å²) >= 11 is 0. The molecule has 2 unspecified atom stereocenters. The Morgan fingerprint density at radius 1 is 0.513 bits per heavy atom. The molecule has 39 heavy (non-hydrogen) atoms. The van der Waals surface area contributed by atoms with Gasteiger partial charge in [0.05, 0.1) is 42.8 Å². The number of rotatable bonds is 6. The molecule has 4 rings (SSSR count). The second-order valence-corrected chi connectivity index (χ2v) is 15.1. The Hall–Kier alpha value is -3.02. The molecule has 3 nitrogen and oxygen atoms in total. The van der Waals surface area contributed by atoms with Crippen LogP contribution in [0.2, 0.25) is 0 Å². The van der Waals surface area contributed by atoms with Crippen molar-refractivity contribution >= 4 is 33.0 Å². The van der Waals surface area contributed by atoms with Gasteiger partial charge in [-0.05, 0) is 84.3 Å². The smallest absolute Gasteiger partial charge is 0.0870 e. The highest BCUT2D eigenvalue weighted by atomic mass is 32.2. The van der Waals surface area contributed by atoms with E-state index in [2.05, 4.69) is 59.0 Å². The summed E-state index contributed by atoms with van der Waals surface area (Å²) in [6.45, 7) is 17.0. The molecule has 4 aromatic carbocycles. The molecule has 0 heterocycles. The molecule has 4 aromatic rings. The lowest BCUT2D eigenvalue weighted by molar-refractivity contribution is 0.588. The fourth-order valence-electron chi connectivity index (χ4n) is 4.21. The van der Waals surface area contributed by atoms with Gasteiger partial charge in [-0.2, -0.15) is 0 Å². The summed E-state index contributed by atoms with van der Waals surface area (Å²) < 4.78 is 27.8. The molecule has 0 saturated carbocycles. The highest BCUT2D eigenvalue weighted by Crippen LogP contribution is 2.36. The Morgan fingerprint density at radius 3 is 1.15 bits per heavy atom. The first-order valence-electron chi connectivity index (χ1n) is 13.3. The molecule has 204 valence electrons. The second-order valence-electron chi connectivity index (χ2n) is 12.2. The third kappa shape index (κ3) is 6.77. The van der Waals surface area contributed by atoms with Gasteiger partial charge in [0.15, 0.2) is 0 Å². The van der Waals surface area contributed by atoms with E-state index in [0.29, 0.717) is 9.79 Å². The topological polar surface area (TPSA) is 46.2 Å². The number of nitrogens with one attached hydrogen (secondary N) is 1. The maximum atomic E-state index is 13.9. The maximum absolute atomic E-state index is 13.9. The molecule has 0 saturated heterocycles. The first kappa shape index (κ1) is 29.0. The number of hydrogen-bond donors (Lipinski definition) is 1. The van der Waals surface area contributed by atoms with Crippen molar-refractivity contribution in [1.82, 2.24) is 0 Å².